The van der Waals surface area contributed by atoms with Crippen LogP contribution < -0.4 is 20.4 Å². The normalized spacial score (nSPS) is 13.6. The number of hydrogen-bond acceptors (Lipinski definition) is 8. The van der Waals surface area contributed by atoms with Crippen LogP contribution in [0.25, 0.3) is 0 Å². The van der Waals surface area contributed by atoms with E-state index < -0.39 is 0 Å². The van der Waals surface area contributed by atoms with Gasteiger partial charge in [0.15, 0.2) is 11.6 Å². The van der Waals surface area contributed by atoms with Crippen molar-refractivity contribution in [3.8, 4) is 12.1 Å². The average Bonchev–Trinajstić information content (AvgIpc) is 2.77. The van der Waals surface area contributed by atoms with Gasteiger partial charge in [0.25, 0.3) is 0 Å². The number of benzene rings is 1. The number of rotatable bonds is 7. The number of nitrogens with zero attached hydrogens (tertiary/aromatic N) is 7. The number of nitrogen functional groups attached to an aromatic ring is 1. The maximum absolute atomic E-state index is 8.95. The molecular formula is C22H28N8. The van der Waals surface area contributed by atoms with E-state index in [9.17, 15) is 0 Å². The lowest BCUT2D eigenvalue weighted by molar-refractivity contribution is 0.645. The standard InChI is InChI=1S/C22H28N8/c1-17-6-3-7-19(18(17)2)28-12-14-30(15-13-28)22-20(25)21(26-16-27-22)29(10-4-8-23)11-5-9-24/h3,6-7,16H,4-5,10-15,25H2,1-2H3. The summed E-state index contributed by atoms with van der Waals surface area (Å²) in [4.78, 5) is 15.3. The minimum absolute atomic E-state index is 0.346. The smallest absolute Gasteiger partial charge is 0.157 e. The second-order valence-corrected chi connectivity index (χ2v) is 7.43. The van der Waals surface area contributed by atoms with E-state index in [2.05, 4.69) is 64.0 Å². The van der Waals surface area contributed by atoms with Crippen molar-refractivity contribution in [1.82, 2.24) is 9.97 Å². The Kier molecular flexibility index (Phi) is 6.92. The Balaban J connectivity index is 1.76. The summed E-state index contributed by atoms with van der Waals surface area (Å²) in [6.45, 7) is 8.67. The number of aryl methyl sites for hydroxylation is 1. The van der Waals surface area contributed by atoms with Gasteiger partial charge in [-0.15, -0.1) is 0 Å². The third-order valence-corrected chi connectivity index (χ3v) is 5.62. The molecule has 1 aliphatic heterocycles. The number of nitriles is 2. The molecule has 1 aromatic heterocycles. The van der Waals surface area contributed by atoms with Crippen molar-refractivity contribution in [1.29, 1.82) is 10.5 Å². The summed E-state index contributed by atoms with van der Waals surface area (Å²) in [5, 5.41) is 17.9. The molecule has 0 bridgehead atoms. The minimum Gasteiger partial charge on any atom is -0.393 e. The van der Waals surface area contributed by atoms with Gasteiger partial charge in [-0.3, -0.25) is 0 Å². The average molecular weight is 405 g/mol. The topological polar surface area (TPSA) is 109 Å². The van der Waals surface area contributed by atoms with Gasteiger partial charge in [-0.25, -0.2) is 9.97 Å². The van der Waals surface area contributed by atoms with Crippen molar-refractivity contribution in [3.63, 3.8) is 0 Å². The van der Waals surface area contributed by atoms with E-state index in [0.717, 1.165) is 32.0 Å². The van der Waals surface area contributed by atoms with E-state index in [1.165, 1.54) is 23.1 Å². The van der Waals surface area contributed by atoms with E-state index in [1.807, 2.05) is 4.90 Å². The number of piperazine rings is 1. The van der Waals surface area contributed by atoms with E-state index in [-0.39, 0.29) is 0 Å². The summed E-state index contributed by atoms with van der Waals surface area (Å²) in [5.74, 6) is 1.32. The van der Waals surface area contributed by atoms with Gasteiger partial charge in [0, 0.05) is 45.0 Å². The highest BCUT2D eigenvalue weighted by Gasteiger charge is 2.23. The maximum Gasteiger partial charge on any atom is 0.157 e. The molecule has 0 amide bonds. The third-order valence-electron chi connectivity index (χ3n) is 5.62. The van der Waals surface area contributed by atoms with Crippen LogP contribution in [0.15, 0.2) is 24.5 Å². The van der Waals surface area contributed by atoms with Gasteiger partial charge < -0.3 is 20.4 Å². The van der Waals surface area contributed by atoms with Crippen molar-refractivity contribution < 1.29 is 0 Å². The molecule has 8 nitrogen and oxygen atoms in total. The van der Waals surface area contributed by atoms with Crippen LogP contribution in [-0.2, 0) is 0 Å². The Morgan fingerprint density at radius 1 is 1.00 bits per heavy atom. The zero-order chi connectivity index (χ0) is 21.5. The van der Waals surface area contributed by atoms with Gasteiger partial charge in [0.2, 0.25) is 0 Å². The van der Waals surface area contributed by atoms with Crippen molar-refractivity contribution in [3.05, 3.63) is 35.7 Å². The second-order valence-electron chi connectivity index (χ2n) is 7.43. The Morgan fingerprint density at radius 3 is 2.27 bits per heavy atom. The summed E-state index contributed by atoms with van der Waals surface area (Å²) in [7, 11) is 0. The predicted molar refractivity (Wildman–Crippen MR) is 119 cm³/mol. The van der Waals surface area contributed by atoms with Crippen molar-refractivity contribution >= 4 is 23.0 Å². The fourth-order valence-corrected chi connectivity index (χ4v) is 3.81. The fourth-order valence-electron chi connectivity index (χ4n) is 3.81. The van der Waals surface area contributed by atoms with Gasteiger partial charge in [-0.2, -0.15) is 10.5 Å². The molecule has 8 heteroatoms. The molecule has 1 aromatic carbocycles. The summed E-state index contributed by atoms with van der Waals surface area (Å²) in [5.41, 5.74) is 10.9. The van der Waals surface area contributed by atoms with E-state index in [1.54, 1.807) is 0 Å². The Labute approximate surface area is 178 Å². The molecule has 0 spiro atoms. The molecule has 2 aromatic rings. The Bertz CT molecular complexity index is 933. The minimum atomic E-state index is 0.346. The van der Waals surface area contributed by atoms with Crippen LogP contribution in [0, 0.1) is 36.5 Å². The summed E-state index contributed by atoms with van der Waals surface area (Å²) < 4.78 is 0. The first-order valence-corrected chi connectivity index (χ1v) is 10.2. The van der Waals surface area contributed by atoms with Crippen molar-refractivity contribution in [2.45, 2.75) is 26.7 Å². The van der Waals surface area contributed by atoms with Gasteiger partial charge in [0.1, 0.15) is 12.0 Å². The fraction of sp³-hybridized carbons (Fsp3) is 0.455. The van der Waals surface area contributed by atoms with Crippen molar-refractivity contribution in [2.24, 2.45) is 0 Å². The number of anilines is 4. The first kappa shape index (κ1) is 21.2. The quantitative estimate of drug-likeness (QED) is 0.750. The van der Waals surface area contributed by atoms with Gasteiger partial charge in [0.05, 0.1) is 25.0 Å². The van der Waals surface area contributed by atoms with Crippen LogP contribution in [0.4, 0.5) is 23.0 Å². The lowest BCUT2D eigenvalue weighted by atomic mass is 10.1. The van der Waals surface area contributed by atoms with Crippen LogP contribution >= 0.6 is 0 Å². The van der Waals surface area contributed by atoms with Crippen molar-refractivity contribution in [2.75, 3.05) is 59.7 Å². The molecule has 156 valence electrons. The molecule has 0 atom stereocenters. The Hall–Kier alpha value is -3.52. The van der Waals surface area contributed by atoms with Crippen LogP contribution in [0.1, 0.15) is 24.0 Å². The monoisotopic (exact) mass is 404 g/mol. The van der Waals surface area contributed by atoms with Gasteiger partial charge in [-0.05, 0) is 31.0 Å². The largest absolute Gasteiger partial charge is 0.393 e. The molecular weight excluding hydrogens is 376 g/mol. The highest BCUT2D eigenvalue weighted by Crippen LogP contribution is 2.31. The van der Waals surface area contributed by atoms with Gasteiger partial charge >= 0.3 is 0 Å². The Morgan fingerprint density at radius 2 is 1.63 bits per heavy atom. The first-order valence-electron chi connectivity index (χ1n) is 10.2. The van der Waals surface area contributed by atoms with Gasteiger partial charge in [-0.1, -0.05) is 12.1 Å². The molecule has 2 heterocycles. The number of nitrogens with two attached hydrogens (primary N) is 1. The zero-order valence-corrected chi connectivity index (χ0v) is 17.7. The molecule has 0 radical (unpaired) electrons. The van der Waals surface area contributed by atoms with Crippen LogP contribution in [0.5, 0.6) is 0 Å². The van der Waals surface area contributed by atoms with E-state index >= 15 is 0 Å². The highest BCUT2D eigenvalue weighted by atomic mass is 15.3. The molecule has 1 fully saturated rings. The molecule has 3 rings (SSSR count). The number of hydrogen-bond donors (Lipinski definition) is 1. The molecule has 0 unspecified atom stereocenters. The SMILES string of the molecule is Cc1cccc(N2CCN(c3ncnc(N(CCC#N)CCC#N)c3N)CC2)c1C. The highest BCUT2D eigenvalue weighted by molar-refractivity contribution is 5.76. The summed E-state index contributed by atoms with van der Waals surface area (Å²) in [6.07, 6.45) is 2.21. The third kappa shape index (κ3) is 4.55. The number of aromatic nitrogens is 2. The summed E-state index contributed by atoms with van der Waals surface area (Å²) in [6, 6.07) is 10.7. The molecule has 1 aliphatic rings. The van der Waals surface area contributed by atoms with E-state index in [0.29, 0.717) is 37.4 Å². The van der Waals surface area contributed by atoms with Crippen LogP contribution in [-0.4, -0.2) is 49.2 Å². The predicted octanol–water partition coefficient (Wildman–Crippen LogP) is 2.64. The lowest BCUT2D eigenvalue weighted by Gasteiger charge is -2.38. The zero-order valence-electron chi connectivity index (χ0n) is 17.7. The molecule has 2 N–H and O–H groups in total. The lowest BCUT2D eigenvalue weighted by Crippen LogP contribution is -2.47. The van der Waals surface area contributed by atoms with Crippen LogP contribution in [0.3, 0.4) is 0 Å². The summed E-state index contributed by atoms with van der Waals surface area (Å²) >= 11 is 0. The van der Waals surface area contributed by atoms with Crippen LogP contribution in [0.2, 0.25) is 0 Å². The molecule has 0 saturated carbocycles. The molecule has 0 aliphatic carbocycles. The second kappa shape index (κ2) is 9.80. The maximum atomic E-state index is 8.95. The van der Waals surface area contributed by atoms with E-state index in [4.69, 9.17) is 16.3 Å². The first-order chi connectivity index (χ1) is 14.6. The molecule has 1 saturated heterocycles. The molecule has 30 heavy (non-hydrogen) atoms.